The Kier molecular flexibility index (Phi) is 5.00. The van der Waals surface area contributed by atoms with Gasteiger partial charge >= 0.3 is 16.4 Å². The summed E-state index contributed by atoms with van der Waals surface area (Å²) in [5.41, 5.74) is 2.28. The van der Waals surface area contributed by atoms with Gasteiger partial charge in [-0.2, -0.15) is 28.5 Å². The Morgan fingerprint density at radius 1 is 1.48 bits per heavy atom. The Morgan fingerprint density at radius 2 is 2.24 bits per heavy atom. The predicted molar refractivity (Wildman–Crippen MR) is 70.4 cm³/mol. The number of urea groups is 1. The fourth-order valence-electron chi connectivity index (χ4n) is 2.34. The largest absolute Gasteiger partial charge is 0.437 e. The third-order valence-corrected chi connectivity index (χ3v) is 4.10. The summed E-state index contributed by atoms with van der Waals surface area (Å²) >= 11 is 0. The second-order valence-electron chi connectivity index (χ2n) is 4.95. The first-order chi connectivity index (χ1) is 9.98. The van der Waals surface area contributed by atoms with Crippen LogP contribution >= 0.6 is 0 Å². The molecule has 9 nitrogen and oxygen atoms in total. The molecule has 0 radical (unpaired) electrons. The molecule has 21 heavy (non-hydrogen) atoms. The van der Waals surface area contributed by atoms with Gasteiger partial charge in [0.15, 0.2) is 0 Å². The van der Waals surface area contributed by atoms with E-state index in [1.807, 2.05) is 13.0 Å². The quantitative estimate of drug-likeness (QED) is 0.530. The van der Waals surface area contributed by atoms with Crippen molar-refractivity contribution in [3.05, 3.63) is 0 Å². The van der Waals surface area contributed by atoms with Crippen molar-refractivity contribution >= 4 is 16.4 Å². The van der Waals surface area contributed by atoms with Crippen molar-refractivity contribution in [1.82, 2.24) is 15.4 Å². The van der Waals surface area contributed by atoms with E-state index in [0.717, 1.165) is 17.9 Å². The Morgan fingerprint density at radius 3 is 2.90 bits per heavy atom. The molecule has 2 aliphatic heterocycles. The molecule has 1 N–H and O–H groups in total. The molecule has 2 bridgehead atoms. The monoisotopic (exact) mass is 318 g/mol. The van der Waals surface area contributed by atoms with Crippen LogP contribution in [0.5, 0.6) is 0 Å². The molecular weight excluding hydrogens is 300 g/mol. The smallest absolute Gasteiger partial charge is 0.305 e. The number of hydroxylamine groups is 3. The summed E-state index contributed by atoms with van der Waals surface area (Å²) in [6.45, 7) is 2.60. The summed E-state index contributed by atoms with van der Waals surface area (Å²) in [7, 11) is -4.36. The molecule has 2 amide bonds. The third-order valence-electron chi connectivity index (χ3n) is 3.44. The molecule has 0 aromatic heterocycles. The summed E-state index contributed by atoms with van der Waals surface area (Å²) in [6.07, 6.45) is 2.65. The average Bonchev–Trinajstić information content (AvgIpc) is 2.69. The van der Waals surface area contributed by atoms with Crippen LogP contribution in [0.2, 0.25) is 0 Å². The second-order valence-corrected chi connectivity index (χ2v) is 6.08. The highest BCUT2D eigenvalue weighted by Gasteiger charge is 2.47. The van der Waals surface area contributed by atoms with Crippen molar-refractivity contribution in [2.75, 3.05) is 13.1 Å². The summed E-state index contributed by atoms with van der Waals surface area (Å²) < 4.78 is 32.5. The number of nitrogens with zero attached hydrogens (tertiary/aromatic N) is 3. The van der Waals surface area contributed by atoms with E-state index in [4.69, 9.17) is 9.55 Å². The second kappa shape index (κ2) is 6.57. The van der Waals surface area contributed by atoms with Crippen LogP contribution in [-0.2, 0) is 19.0 Å². The topological polar surface area (TPSA) is 112 Å². The number of fused-ring (bicyclic) bond motifs is 2. The lowest BCUT2D eigenvalue weighted by Crippen LogP contribution is -2.39. The number of carbonyl (C=O) groups excluding carboxylic acids is 1. The van der Waals surface area contributed by atoms with Gasteiger partial charge in [-0.15, -0.1) is 4.28 Å². The van der Waals surface area contributed by atoms with Crippen LogP contribution in [0.3, 0.4) is 0 Å². The zero-order valence-electron chi connectivity index (χ0n) is 11.7. The van der Waals surface area contributed by atoms with E-state index in [-0.39, 0.29) is 12.6 Å². The van der Waals surface area contributed by atoms with Gasteiger partial charge < -0.3 is 4.90 Å². The minimum Gasteiger partial charge on any atom is -0.305 e. The van der Waals surface area contributed by atoms with E-state index in [1.54, 1.807) is 0 Å². The van der Waals surface area contributed by atoms with Gasteiger partial charge in [-0.3, -0.25) is 0 Å². The molecule has 0 unspecified atom stereocenters. The number of carbonyl (C=O) groups is 1. The fraction of sp³-hybridized carbons (Fsp3) is 0.818. The molecule has 0 aromatic rings. The van der Waals surface area contributed by atoms with Crippen LogP contribution in [0.1, 0.15) is 32.6 Å². The number of rotatable bonds is 7. The first kappa shape index (κ1) is 16.0. The lowest BCUT2D eigenvalue weighted by atomic mass is 10.0. The number of piperidine rings is 1. The van der Waals surface area contributed by atoms with Gasteiger partial charge in [0, 0.05) is 13.1 Å². The van der Waals surface area contributed by atoms with E-state index >= 15 is 0 Å². The lowest BCUT2D eigenvalue weighted by Gasteiger charge is -2.24. The molecule has 2 heterocycles. The summed E-state index contributed by atoms with van der Waals surface area (Å²) in [5, 5.41) is 9.74. The molecule has 118 valence electrons. The van der Waals surface area contributed by atoms with Gasteiger partial charge in [0.2, 0.25) is 0 Å². The van der Waals surface area contributed by atoms with Crippen molar-refractivity contribution < 1.29 is 21.8 Å². The lowest BCUT2D eigenvalue weighted by molar-refractivity contribution is -0.0425. The number of hydrogen-bond acceptors (Lipinski definition) is 7. The average molecular weight is 318 g/mol. The van der Waals surface area contributed by atoms with Gasteiger partial charge in [-0.25, -0.2) is 4.79 Å². The molecule has 2 atom stereocenters. The van der Waals surface area contributed by atoms with Crippen molar-refractivity contribution in [1.29, 1.82) is 5.26 Å². The van der Waals surface area contributed by atoms with Crippen LogP contribution in [0.4, 0.5) is 4.79 Å². The highest BCUT2D eigenvalue weighted by atomic mass is 32.3. The van der Waals surface area contributed by atoms with Gasteiger partial charge in [0.25, 0.3) is 0 Å². The maximum Gasteiger partial charge on any atom is 0.437 e. The number of hydrogen-bond donors (Lipinski definition) is 1. The maximum atomic E-state index is 12.0. The molecule has 0 saturated carbocycles. The normalized spacial score (nSPS) is 25.2. The standard InChI is InChI=1S/C11H18N4O5S/c1-2-3-6-13-19-21(17,18)20-15-10-5-4-9(7-12)14(8-10)11(15)16/h9-10,13H,2-6,8H2,1H3/t9-,10-/m0/s1. The maximum absolute atomic E-state index is 12.0. The summed E-state index contributed by atoms with van der Waals surface area (Å²) in [5.74, 6) is 0. The minimum atomic E-state index is -4.36. The zero-order chi connectivity index (χ0) is 15.5. The molecule has 10 heteroatoms. The van der Waals surface area contributed by atoms with Crippen molar-refractivity contribution in [3.8, 4) is 6.07 Å². The van der Waals surface area contributed by atoms with Crippen LogP contribution in [-0.4, -0.2) is 49.6 Å². The van der Waals surface area contributed by atoms with E-state index < -0.39 is 22.5 Å². The molecule has 2 rings (SSSR count). The van der Waals surface area contributed by atoms with Gasteiger partial charge in [-0.1, -0.05) is 13.3 Å². The van der Waals surface area contributed by atoms with Crippen LogP contribution in [0.25, 0.3) is 0 Å². The van der Waals surface area contributed by atoms with Gasteiger partial charge in [0.1, 0.15) is 6.04 Å². The van der Waals surface area contributed by atoms with E-state index in [9.17, 15) is 13.2 Å². The molecule has 2 aliphatic rings. The highest BCUT2D eigenvalue weighted by molar-refractivity contribution is 7.81. The Hall–Kier alpha value is -1.41. The van der Waals surface area contributed by atoms with Crippen molar-refractivity contribution in [2.45, 2.75) is 44.7 Å². The molecule has 0 aromatic carbocycles. The SMILES string of the molecule is CCCCNOS(=O)(=O)ON1C(=O)N2C[C@@H]1CC[C@H]2C#N. The Bertz CT molecular complexity index is 531. The molecule has 2 fully saturated rings. The Labute approximate surface area is 123 Å². The van der Waals surface area contributed by atoms with E-state index in [2.05, 4.69) is 9.76 Å². The van der Waals surface area contributed by atoms with Gasteiger partial charge in [-0.05, 0) is 19.3 Å². The zero-order valence-corrected chi connectivity index (χ0v) is 12.5. The molecule has 0 aliphatic carbocycles. The molecule has 0 spiro atoms. The number of amides is 2. The highest BCUT2D eigenvalue weighted by Crippen LogP contribution is 2.30. The first-order valence-corrected chi connectivity index (χ1v) is 8.17. The fourth-order valence-corrected chi connectivity index (χ4v) is 2.98. The van der Waals surface area contributed by atoms with Crippen LogP contribution in [0, 0.1) is 11.3 Å². The predicted octanol–water partition coefficient (Wildman–Crippen LogP) is 0.276. The summed E-state index contributed by atoms with van der Waals surface area (Å²) in [6, 6.07) is 0.491. The Balaban J connectivity index is 1.94. The number of unbranched alkanes of at least 4 members (excludes halogenated alkanes) is 1. The molecule has 2 saturated heterocycles. The summed E-state index contributed by atoms with van der Waals surface area (Å²) in [4.78, 5) is 13.4. The molecular formula is C11H18N4O5S. The number of nitriles is 1. The van der Waals surface area contributed by atoms with Crippen molar-refractivity contribution in [3.63, 3.8) is 0 Å². The van der Waals surface area contributed by atoms with Gasteiger partial charge in [0.05, 0.1) is 12.1 Å². The van der Waals surface area contributed by atoms with Crippen molar-refractivity contribution in [2.24, 2.45) is 0 Å². The number of nitrogens with one attached hydrogen (secondary N) is 1. The van der Waals surface area contributed by atoms with E-state index in [1.165, 1.54) is 4.90 Å². The third kappa shape index (κ3) is 3.62. The first-order valence-electron chi connectivity index (χ1n) is 6.84. The van der Waals surface area contributed by atoms with Crippen LogP contribution < -0.4 is 5.48 Å². The minimum absolute atomic E-state index is 0.288. The van der Waals surface area contributed by atoms with E-state index in [0.29, 0.717) is 19.4 Å². The van der Waals surface area contributed by atoms with Crippen LogP contribution in [0.15, 0.2) is 0 Å².